The number of nitrogens with one attached hydrogen (secondary N) is 2. The summed E-state index contributed by atoms with van der Waals surface area (Å²) in [5.41, 5.74) is 1.62. The van der Waals surface area contributed by atoms with Crippen molar-refractivity contribution in [3.05, 3.63) is 42.0 Å². The fourth-order valence-electron chi connectivity index (χ4n) is 1.49. The number of aromatic nitrogens is 2. The maximum Gasteiger partial charge on any atom is 0.263 e. The Morgan fingerprint density at radius 3 is 2.83 bits per heavy atom. The number of aliphatic hydroxyl groups excluding tert-OH is 1. The maximum atomic E-state index is 12.0. The number of aliphatic hydroxyl groups is 1. The molecule has 2 aromatic heterocycles. The van der Waals surface area contributed by atoms with Gasteiger partial charge in [0.15, 0.2) is 0 Å². The molecule has 0 unspecified atom stereocenters. The number of aryl methyl sites for hydroxylation is 1. The number of pyridine rings is 1. The summed E-state index contributed by atoms with van der Waals surface area (Å²) in [6.45, 7) is 1.54. The van der Waals surface area contributed by atoms with Crippen LogP contribution in [0.5, 0.6) is 0 Å². The number of H-pyrrole nitrogens is 1. The molecule has 2 rings (SSSR count). The number of aromatic amines is 1. The van der Waals surface area contributed by atoms with Crippen LogP contribution < -0.4 is 4.72 Å². The Balaban J connectivity index is 2.27. The van der Waals surface area contributed by atoms with Crippen LogP contribution in [-0.4, -0.2) is 23.5 Å². The Hall–Kier alpha value is -1.86. The number of nitrogens with zero attached hydrogens (tertiary/aromatic N) is 1. The summed E-state index contributed by atoms with van der Waals surface area (Å²) in [6, 6.07) is 4.59. The Morgan fingerprint density at radius 1 is 1.44 bits per heavy atom. The fourth-order valence-corrected chi connectivity index (χ4v) is 2.56. The van der Waals surface area contributed by atoms with Crippen molar-refractivity contribution in [2.24, 2.45) is 0 Å². The molecule has 0 saturated heterocycles. The Morgan fingerprint density at radius 2 is 2.22 bits per heavy atom. The molecule has 0 aliphatic heterocycles. The molecule has 0 spiro atoms. The van der Waals surface area contributed by atoms with Crippen LogP contribution >= 0.6 is 0 Å². The first-order valence-corrected chi connectivity index (χ1v) is 6.73. The molecule has 7 heteroatoms. The highest BCUT2D eigenvalue weighted by Gasteiger charge is 2.16. The van der Waals surface area contributed by atoms with E-state index < -0.39 is 10.0 Å². The first-order chi connectivity index (χ1) is 8.51. The molecule has 2 aromatic rings. The third kappa shape index (κ3) is 2.69. The summed E-state index contributed by atoms with van der Waals surface area (Å²) in [5, 5.41) is 8.89. The minimum Gasteiger partial charge on any atom is -0.390 e. The van der Waals surface area contributed by atoms with Gasteiger partial charge in [-0.2, -0.15) is 0 Å². The minimum atomic E-state index is -3.64. The van der Waals surface area contributed by atoms with Gasteiger partial charge in [0, 0.05) is 23.8 Å². The lowest BCUT2D eigenvalue weighted by molar-refractivity contribution is 0.277. The van der Waals surface area contributed by atoms with Gasteiger partial charge in [-0.05, 0) is 25.1 Å². The smallest absolute Gasteiger partial charge is 0.263 e. The molecule has 2 heterocycles. The van der Waals surface area contributed by atoms with Crippen molar-refractivity contribution in [3.8, 4) is 0 Å². The molecule has 0 saturated carbocycles. The highest BCUT2D eigenvalue weighted by Crippen LogP contribution is 2.16. The Kier molecular flexibility index (Phi) is 3.35. The quantitative estimate of drug-likeness (QED) is 0.770. The molecule has 3 N–H and O–H groups in total. The van der Waals surface area contributed by atoms with E-state index in [0.717, 1.165) is 5.69 Å². The van der Waals surface area contributed by atoms with Gasteiger partial charge in [0.25, 0.3) is 10.0 Å². The summed E-state index contributed by atoms with van der Waals surface area (Å²) in [4.78, 5) is 6.75. The average molecular weight is 267 g/mol. The largest absolute Gasteiger partial charge is 0.390 e. The van der Waals surface area contributed by atoms with Crippen LogP contribution in [0.3, 0.4) is 0 Å². The summed E-state index contributed by atoms with van der Waals surface area (Å²) in [5.74, 6) is 0. The van der Waals surface area contributed by atoms with Crippen molar-refractivity contribution >= 4 is 15.7 Å². The van der Waals surface area contributed by atoms with E-state index in [9.17, 15) is 8.42 Å². The van der Waals surface area contributed by atoms with E-state index in [1.807, 2.05) is 0 Å². The molecular weight excluding hydrogens is 254 g/mol. The number of rotatable bonds is 4. The van der Waals surface area contributed by atoms with Gasteiger partial charge in [-0.3, -0.25) is 9.71 Å². The molecule has 0 atom stereocenters. The second-order valence-electron chi connectivity index (χ2n) is 3.81. The highest BCUT2D eigenvalue weighted by atomic mass is 32.2. The van der Waals surface area contributed by atoms with Gasteiger partial charge >= 0.3 is 0 Å². The third-order valence-electron chi connectivity index (χ3n) is 2.35. The predicted octanol–water partition coefficient (Wildman–Crippen LogP) is 1.01. The lowest BCUT2D eigenvalue weighted by Gasteiger charge is -2.06. The van der Waals surface area contributed by atoms with E-state index in [4.69, 9.17) is 5.11 Å². The monoisotopic (exact) mass is 267 g/mol. The summed E-state index contributed by atoms with van der Waals surface area (Å²) in [7, 11) is -3.64. The zero-order valence-electron chi connectivity index (χ0n) is 9.71. The second-order valence-corrected chi connectivity index (χ2v) is 5.49. The molecule has 0 bridgehead atoms. The van der Waals surface area contributed by atoms with Gasteiger partial charge in [-0.1, -0.05) is 0 Å². The van der Waals surface area contributed by atoms with Crippen LogP contribution in [0, 0.1) is 6.92 Å². The van der Waals surface area contributed by atoms with Gasteiger partial charge in [0.2, 0.25) is 0 Å². The maximum absolute atomic E-state index is 12.0. The van der Waals surface area contributed by atoms with E-state index >= 15 is 0 Å². The van der Waals surface area contributed by atoms with Crippen LogP contribution in [0.25, 0.3) is 0 Å². The van der Waals surface area contributed by atoms with Gasteiger partial charge < -0.3 is 10.1 Å². The highest BCUT2D eigenvalue weighted by molar-refractivity contribution is 7.92. The molecule has 0 aliphatic carbocycles. The molecule has 0 aromatic carbocycles. The molecule has 96 valence electrons. The number of hydrogen-bond donors (Lipinski definition) is 3. The molecule has 0 amide bonds. The normalized spacial score (nSPS) is 11.4. The lowest BCUT2D eigenvalue weighted by Crippen LogP contribution is -2.12. The van der Waals surface area contributed by atoms with Crippen molar-refractivity contribution in [3.63, 3.8) is 0 Å². The zero-order valence-corrected chi connectivity index (χ0v) is 10.5. The molecule has 0 radical (unpaired) electrons. The molecule has 0 fully saturated rings. The van der Waals surface area contributed by atoms with Crippen molar-refractivity contribution in [1.82, 2.24) is 9.97 Å². The van der Waals surface area contributed by atoms with Crippen LogP contribution in [0.15, 0.2) is 35.5 Å². The SMILES string of the molecule is Cc1cc(NS(=O)(=O)c2c[nH]c(CO)c2)ccn1. The van der Waals surface area contributed by atoms with Gasteiger partial charge in [0.1, 0.15) is 4.90 Å². The topological polar surface area (TPSA) is 95.1 Å². The minimum absolute atomic E-state index is 0.0843. The van der Waals surface area contributed by atoms with E-state index in [2.05, 4.69) is 14.7 Å². The molecular formula is C11H13N3O3S. The predicted molar refractivity (Wildman–Crippen MR) is 66.5 cm³/mol. The molecule has 6 nitrogen and oxygen atoms in total. The number of anilines is 1. The van der Waals surface area contributed by atoms with Gasteiger partial charge in [0.05, 0.1) is 12.3 Å². The summed E-state index contributed by atoms with van der Waals surface area (Å²) < 4.78 is 26.5. The van der Waals surface area contributed by atoms with E-state index in [-0.39, 0.29) is 11.5 Å². The average Bonchev–Trinajstić information content (AvgIpc) is 2.77. The number of sulfonamides is 1. The van der Waals surface area contributed by atoms with Crippen LogP contribution in [0.1, 0.15) is 11.4 Å². The fraction of sp³-hybridized carbons (Fsp3) is 0.182. The van der Waals surface area contributed by atoms with Crippen molar-refractivity contribution < 1.29 is 13.5 Å². The van der Waals surface area contributed by atoms with Gasteiger partial charge in [-0.15, -0.1) is 0 Å². The third-order valence-corrected chi connectivity index (χ3v) is 3.71. The summed E-state index contributed by atoms with van der Waals surface area (Å²) in [6.07, 6.45) is 2.87. The number of hydrogen-bond acceptors (Lipinski definition) is 4. The van der Waals surface area contributed by atoms with Crippen molar-refractivity contribution in [2.45, 2.75) is 18.4 Å². The van der Waals surface area contributed by atoms with E-state index in [0.29, 0.717) is 11.4 Å². The second kappa shape index (κ2) is 4.79. The van der Waals surface area contributed by atoms with E-state index in [1.165, 1.54) is 18.5 Å². The van der Waals surface area contributed by atoms with Gasteiger partial charge in [-0.25, -0.2) is 8.42 Å². The zero-order chi connectivity index (χ0) is 13.2. The molecule has 18 heavy (non-hydrogen) atoms. The Bertz CT molecular complexity index is 649. The van der Waals surface area contributed by atoms with E-state index in [1.54, 1.807) is 19.1 Å². The first-order valence-electron chi connectivity index (χ1n) is 5.25. The van der Waals surface area contributed by atoms with Crippen LogP contribution in [0.4, 0.5) is 5.69 Å². The lowest BCUT2D eigenvalue weighted by atomic mass is 10.3. The molecule has 0 aliphatic rings. The van der Waals surface area contributed by atoms with Crippen molar-refractivity contribution in [2.75, 3.05) is 4.72 Å². The van der Waals surface area contributed by atoms with Crippen molar-refractivity contribution in [1.29, 1.82) is 0 Å². The summed E-state index contributed by atoms with van der Waals surface area (Å²) >= 11 is 0. The van der Waals surface area contributed by atoms with Crippen LogP contribution in [-0.2, 0) is 16.6 Å². The Labute approximate surface area is 105 Å². The van der Waals surface area contributed by atoms with Crippen LogP contribution in [0.2, 0.25) is 0 Å². The standard InChI is InChI=1S/C11H13N3O3S/c1-8-4-9(2-3-12-8)14-18(16,17)11-5-10(7-15)13-6-11/h2-6,13,15H,7H2,1H3,(H,12,14). The first kappa shape index (κ1) is 12.6.